The zero-order valence-electron chi connectivity index (χ0n) is 31.6. The van der Waals surface area contributed by atoms with Crippen LogP contribution in [0.15, 0.2) is 212 Å². The molecule has 270 valence electrons. The minimum absolute atomic E-state index is 1.12. The maximum Gasteiger partial charge on any atom is 0.0640 e. The maximum absolute atomic E-state index is 2.45. The Morgan fingerprint density at radius 1 is 0.276 bits per heavy atom. The Bertz CT molecular complexity index is 3560. The molecule has 0 unspecified atom stereocenters. The van der Waals surface area contributed by atoms with Gasteiger partial charge < -0.3 is 4.90 Å². The lowest BCUT2D eigenvalue weighted by molar-refractivity contribution is 1.31. The number of anilines is 3. The fourth-order valence-electron chi connectivity index (χ4n) is 9.19. The van der Waals surface area contributed by atoms with Crippen LogP contribution in [0.1, 0.15) is 0 Å². The van der Waals surface area contributed by atoms with Crippen molar-refractivity contribution in [3.63, 3.8) is 0 Å². The van der Waals surface area contributed by atoms with Gasteiger partial charge in [-0.05, 0) is 113 Å². The quantitative estimate of drug-likeness (QED) is 0.158. The number of rotatable bonds is 5. The number of nitrogens with zero attached hydrogens (tertiary/aromatic N) is 1. The van der Waals surface area contributed by atoms with Crippen molar-refractivity contribution in [2.24, 2.45) is 0 Å². The van der Waals surface area contributed by atoms with Gasteiger partial charge in [-0.3, -0.25) is 0 Å². The first-order valence-electron chi connectivity index (χ1n) is 19.9. The van der Waals surface area contributed by atoms with Crippen molar-refractivity contribution in [2.45, 2.75) is 0 Å². The van der Waals surface area contributed by atoms with E-state index in [1.165, 1.54) is 102 Å². The molecule has 0 radical (unpaired) electrons. The van der Waals surface area contributed by atoms with E-state index >= 15 is 0 Å². The Morgan fingerprint density at radius 2 is 0.759 bits per heavy atom. The highest BCUT2D eigenvalue weighted by molar-refractivity contribution is 7.27. The minimum Gasteiger partial charge on any atom is -0.309 e. The summed E-state index contributed by atoms with van der Waals surface area (Å²) in [6.07, 6.45) is 0. The summed E-state index contributed by atoms with van der Waals surface area (Å²) in [5, 5.41) is 15.3. The van der Waals surface area contributed by atoms with Gasteiger partial charge in [0, 0.05) is 26.8 Å². The highest BCUT2D eigenvalue weighted by atomic mass is 32.1. The van der Waals surface area contributed by atoms with E-state index < -0.39 is 0 Å². The number of fused-ring (bicyclic) bond motifs is 11. The molecule has 0 aliphatic rings. The summed E-state index contributed by atoms with van der Waals surface area (Å²) < 4.78 is 2.62. The molecule has 0 amide bonds. The average Bonchev–Trinajstić information content (AvgIpc) is 3.69. The van der Waals surface area contributed by atoms with Crippen LogP contribution in [0.5, 0.6) is 0 Å². The van der Waals surface area contributed by atoms with Crippen LogP contribution in [0.2, 0.25) is 0 Å². The molecule has 1 heterocycles. The molecule has 0 saturated heterocycles. The van der Waals surface area contributed by atoms with Crippen LogP contribution in [-0.2, 0) is 0 Å². The van der Waals surface area contributed by atoms with Crippen molar-refractivity contribution >= 4 is 102 Å². The van der Waals surface area contributed by atoms with Crippen LogP contribution >= 0.6 is 11.3 Å². The van der Waals surface area contributed by atoms with Crippen molar-refractivity contribution in [3.8, 4) is 22.3 Å². The van der Waals surface area contributed by atoms with Crippen LogP contribution < -0.4 is 4.90 Å². The van der Waals surface area contributed by atoms with Crippen molar-refractivity contribution in [3.05, 3.63) is 212 Å². The Hall–Kier alpha value is -7.26. The summed E-state index contributed by atoms with van der Waals surface area (Å²) in [5.41, 5.74) is 8.32. The van der Waals surface area contributed by atoms with E-state index in [4.69, 9.17) is 0 Å². The number of thiophene rings is 1. The lowest BCUT2D eigenvalue weighted by atomic mass is 9.92. The van der Waals surface area contributed by atoms with Crippen LogP contribution in [0.3, 0.4) is 0 Å². The Morgan fingerprint density at radius 3 is 1.53 bits per heavy atom. The summed E-state index contributed by atoms with van der Waals surface area (Å²) in [4.78, 5) is 2.45. The third-order valence-corrected chi connectivity index (χ3v) is 13.3. The lowest BCUT2D eigenvalue weighted by Crippen LogP contribution is -2.10. The molecule has 0 atom stereocenters. The highest BCUT2D eigenvalue weighted by Crippen LogP contribution is 2.47. The molecule has 0 saturated carbocycles. The maximum atomic E-state index is 2.45. The molecule has 58 heavy (non-hydrogen) atoms. The van der Waals surface area contributed by atoms with Gasteiger partial charge >= 0.3 is 0 Å². The zero-order valence-corrected chi connectivity index (χ0v) is 32.4. The normalized spacial score (nSPS) is 11.8. The number of hydrogen-bond donors (Lipinski definition) is 0. The van der Waals surface area contributed by atoms with Gasteiger partial charge in [0.2, 0.25) is 0 Å². The van der Waals surface area contributed by atoms with Crippen molar-refractivity contribution in [1.29, 1.82) is 0 Å². The smallest absolute Gasteiger partial charge is 0.0640 e. The highest BCUT2D eigenvalue weighted by Gasteiger charge is 2.20. The Labute approximate surface area is 340 Å². The predicted octanol–water partition coefficient (Wildman–Crippen LogP) is 16.6. The molecular weight excluding hydrogens is 719 g/mol. The predicted molar refractivity (Wildman–Crippen MR) is 252 cm³/mol. The van der Waals surface area contributed by atoms with Gasteiger partial charge in [-0.2, -0.15) is 0 Å². The van der Waals surface area contributed by atoms with E-state index in [1.54, 1.807) is 0 Å². The second kappa shape index (κ2) is 13.2. The molecule has 0 spiro atoms. The standard InChI is InChI=1S/C56H35NS/c1-4-13-45-38(10-1)24-25-42-34-44(31-33-47(42)45)57(54-19-9-18-51-52-32-28-39-11-2-6-15-48(39)55(52)58-56(51)54)43-29-26-37(27-30-43)36-20-22-40(23-21-36)53-35-41-12-3-5-14-46(41)49-16-7-8-17-50(49)53/h1-35H. The number of hydrogen-bond acceptors (Lipinski definition) is 2. The van der Waals surface area contributed by atoms with Crippen LogP contribution in [0, 0.1) is 0 Å². The van der Waals surface area contributed by atoms with Gasteiger partial charge in [-0.25, -0.2) is 0 Å². The fraction of sp³-hybridized carbons (Fsp3) is 0. The molecule has 12 rings (SSSR count). The van der Waals surface area contributed by atoms with Gasteiger partial charge in [0.05, 0.1) is 10.4 Å². The van der Waals surface area contributed by atoms with Crippen LogP contribution in [0.4, 0.5) is 17.1 Å². The van der Waals surface area contributed by atoms with E-state index in [1.807, 2.05) is 11.3 Å². The van der Waals surface area contributed by atoms with E-state index in [9.17, 15) is 0 Å². The largest absolute Gasteiger partial charge is 0.309 e. The Balaban J connectivity index is 0.981. The Kier molecular flexibility index (Phi) is 7.47. The second-order valence-corrected chi connectivity index (χ2v) is 16.3. The lowest BCUT2D eigenvalue weighted by Gasteiger charge is -2.27. The van der Waals surface area contributed by atoms with Crippen molar-refractivity contribution in [2.75, 3.05) is 4.90 Å². The molecule has 0 N–H and O–H groups in total. The number of benzene rings is 11. The molecule has 0 aliphatic heterocycles. The molecule has 11 aromatic carbocycles. The summed E-state index contributed by atoms with van der Waals surface area (Å²) in [5.74, 6) is 0. The molecule has 2 heteroatoms. The topological polar surface area (TPSA) is 3.24 Å². The molecule has 0 aliphatic carbocycles. The first kappa shape index (κ1) is 32.9. The molecule has 12 aromatic rings. The van der Waals surface area contributed by atoms with Crippen LogP contribution in [-0.4, -0.2) is 0 Å². The van der Waals surface area contributed by atoms with Gasteiger partial charge in [0.25, 0.3) is 0 Å². The van der Waals surface area contributed by atoms with Crippen molar-refractivity contribution in [1.82, 2.24) is 0 Å². The van der Waals surface area contributed by atoms with Crippen molar-refractivity contribution < 1.29 is 0 Å². The molecule has 1 nitrogen and oxygen atoms in total. The van der Waals surface area contributed by atoms with Gasteiger partial charge in [0.15, 0.2) is 0 Å². The average molecular weight is 754 g/mol. The first-order valence-corrected chi connectivity index (χ1v) is 20.7. The third kappa shape index (κ3) is 5.23. The third-order valence-electron chi connectivity index (χ3n) is 12.0. The summed E-state index contributed by atoms with van der Waals surface area (Å²) in [6, 6.07) is 78.2. The van der Waals surface area contributed by atoms with E-state index in [-0.39, 0.29) is 0 Å². The fourth-order valence-corrected chi connectivity index (χ4v) is 10.5. The van der Waals surface area contributed by atoms with Gasteiger partial charge in [-0.1, -0.05) is 176 Å². The monoisotopic (exact) mass is 753 g/mol. The minimum atomic E-state index is 1.12. The SMILES string of the molecule is c1ccc2c(c1)ccc1cc(N(c3ccc(-c4ccc(-c5cc6ccccc6c6ccccc56)cc4)cc3)c3cccc4c3sc3c5ccccc5ccc43)ccc12. The van der Waals surface area contributed by atoms with E-state index in [2.05, 4.69) is 217 Å². The van der Waals surface area contributed by atoms with Gasteiger partial charge in [0.1, 0.15) is 0 Å². The van der Waals surface area contributed by atoms with E-state index in [0.29, 0.717) is 0 Å². The summed E-state index contributed by atoms with van der Waals surface area (Å²) >= 11 is 1.90. The van der Waals surface area contributed by atoms with Crippen LogP contribution in [0.25, 0.3) is 96.3 Å². The van der Waals surface area contributed by atoms with E-state index in [0.717, 1.165) is 11.4 Å². The second-order valence-electron chi connectivity index (χ2n) is 15.3. The molecule has 0 fully saturated rings. The summed E-state index contributed by atoms with van der Waals surface area (Å²) in [7, 11) is 0. The molecule has 0 bridgehead atoms. The summed E-state index contributed by atoms with van der Waals surface area (Å²) in [6.45, 7) is 0. The zero-order chi connectivity index (χ0) is 38.2. The molecular formula is C56H35NS. The molecule has 1 aromatic heterocycles. The first-order chi connectivity index (χ1) is 28.7. The van der Waals surface area contributed by atoms with Gasteiger partial charge in [-0.15, -0.1) is 11.3 Å².